The van der Waals surface area contributed by atoms with Crippen LogP contribution >= 0.6 is 0 Å². The molecule has 0 aromatic heterocycles. The summed E-state index contributed by atoms with van der Waals surface area (Å²) in [4.78, 5) is 39.7. The molecule has 1 heterocycles. The molecule has 8 heteroatoms. The SMILES string of the molecule is O=C(ON1C(=O)CCC1=O)c1ccc(N=Nc2ccc(O)cc2)cc1. The van der Waals surface area contributed by atoms with Gasteiger partial charge in [-0.1, -0.05) is 0 Å². The Hall–Kier alpha value is -3.55. The van der Waals surface area contributed by atoms with Crippen LogP contribution in [0.15, 0.2) is 58.8 Å². The molecule has 2 amide bonds. The van der Waals surface area contributed by atoms with Crippen molar-refractivity contribution in [2.75, 3.05) is 0 Å². The van der Waals surface area contributed by atoms with Crippen LogP contribution in [0.5, 0.6) is 5.75 Å². The molecule has 25 heavy (non-hydrogen) atoms. The number of hydroxylamine groups is 2. The summed E-state index contributed by atoms with van der Waals surface area (Å²) in [7, 11) is 0. The van der Waals surface area contributed by atoms with Crippen molar-refractivity contribution in [2.24, 2.45) is 10.2 Å². The lowest BCUT2D eigenvalue weighted by Crippen LogP contribution is -2.32. The molecule has 0 unspecified atom stereocenters. The van der Waals surface area contributed by atoms with Crippen LogP contribution in [0, 0.1) is 0 Å². The summed E-state index contributed by atoms with van der Waals surface area (Å²) in [6, 6.07) is 12.2. The van der Waals surface area contributed by atoms with Gasteiger partial charge in [0.2, 0.25) is 0 Å². The van der Waals surface area contributed by atoms with Crippen molar-refractivity contribution in [3.05, 3.63) is 54.1 Å². The molecule has 1 aliphatic rings. The topological polar surface area (TPSA) is 109 Å². The van der Waals surface area contributed by atoms with E-state index in [4.69, 9.17) is 4.84 Å². The Morgan fingerprint density at radius 2 is 1.36 bits per heavy atom. The monoisotopic (exact) mass is 339 g/mol. The highest BCUT2D eigenvalue weighted by Crippen LogP contribution is 2.21. The maximum Gasteiger partial charge on any atom is 0.363 e. The summed E-state index contributed by atoms with van der Waals surface area (Å²) in [6.07, 6.45) is 0.0887. The van der Waals surface area contributed by atoms with Gasteiger partial charge in [0, 0.05) is 12.8 Å². The van der Waals surface area contributed by atoms with Crippen LogP contribution < -0.4 is 0 Å². The van der Waals surface area contributed by atoms with E-state index in [9.17, 15) is 19.5 Å². The van der Waals surface area contributed by atoms with Crippen molar-refractivity contribution < 1.29 is 24.3 Å². The van der Waals surface area contributed by atoms with E-state index < -0.39 is 17.8 Å². The maximum atomic E-state index is 12.0. The highest BCUT2D eigenvalue weighted by atomic mass is 16.7. The zero-order chi connectivity index (χ0) is 17.8. The van der Waals surface area contributed by atoms with Crippen LogP contribution in [-0.4, -0.2) is 28.0 Å². The largest absolute Gasteiger partial charge is 0.508 e. The lowest BCUT2D eigenvalue weighted by Gasteiger charge is -2.12. The molecule has 1 N–H and O–H groups in total. The van der Waals surface area contributed by atoms with E-state index in [0.717, 1.165) is 0 Å². The number of carbonyl (C=O) groups excluding carboxylic acids is 3. The molecule has 0 bridgehead atoms. The molecule has 0 radical (unpaired) electrons. The Kier molecular flexibility index (Phi) is 4.51. The van der Waals surface area contributed by atoms with Gasteiger partial charge in [0.15, 0.2) is 0 Å². The highest BCUT2D eigenvalue weighted by Gasteiger charge is 2.33. The lowest BCUT2D eigenvalue weighted by molar-refractivity contribution is -0.172. The van der Waals surface area contributed by atoms with Crippen LogP contribution in [0.2, 0.25) is 0 Å². The summed E-state index contributed by atoms with van der Waals surface area (Å²) < 4.78 is 0. The smallest absolute Gasteiger partial charge is 0.363 e. The van der Waals surface area contributed by atoms with Crippen LogP contribution in [0.1, 0.15) is 23.2 Å². The average Bonchev–Trinajstić information content (AvgIpc) is 2.93. The zero-order valence-electron chi connectivity index (χ0n) is 13.0. The van der Waals surface area contributed by atoms with Crippen LogP contribution in [0.4, 0.5) is 11.4 Å². The van der Waals surface area contributed by atoms with Crippen molar-refractivity contribution in [3.8, 4) is 5.75 Å². The Labute approximate surface area is 142 Å². The summed E-state index contributed by atoms with van der Waals surface area (Å²) in [5, 5.41) is 17.7. The third-order valence-corrected chi connectivity index (χ3v) is 3.41. The van der Waals surface area contributed by atoms with Crippen LogP contribution in [-0.2, 0) is 14.4 Å². The Bertz CT molecular complexity index is 828. The Balaban J connectivity index is 1.65. The second-order valence-corrected chi connectivity index (χ2v) is 5.22. The van der Waals surface area contributed by atoms with Gasteiger partial charge in [0.1, 0.15) is 5.75 Å². The van der Waals surface area contributed by atoms with Crippen LogP contribution in [0.25, 0.3) is 0 Å². The minimum Gasteiger partial charge on any atom is -0.508 e. The predicted molar refractivity (Wildman–Crippen MR) is 85.2 cm³/mol. The standard InChI is InChI=1S/C17H13N3O5/c21-14-7-5-13(6-8-14)19-18-12-3-1-11(2-4-12)17(24)25-20-15(22)9-10-16(20)23/h1-8,21H,9-10H2. The average molecular weight is 339 g/mol. The molecule has 0 saturated carbocycles. The number of aromatic hydroxyl groups is 1. The maximum absolute atomic E-state index is 12.0. The first-order valence-electron chi connectivity index (χ1n) is 7.42. The van der Waals surface area contributed by atoms with Gasteiger partial charge in [-0.25, -0.2) is 4.79 Å². The number of phenols is 1. The third-order valence-electron chi connectivity index (χ3n) is 3.41. The van der Waals surface area contributed by atoms with E-state index in [1.54, 1.807) is 24.3 Å². The van der Waals surface area contributed by atoms with Crippen molar-refractivity contribution in [2.45, 2.75) is 12.8 Å². The van der Waals surface area contributed by atoms with Gasteiger partial charge in [0.25, 0.3) is 11.8 Å². The molecule has 0 atom stereocenters. The first-order valence-corrected chi connectivity index (χ1v) is 7.42. The van der Waals surface area contributed by atoms with E-state index in [1.807, 2.05) is 0 Å². The normalized spacial score (nSPS) is 14.3. The number of benzene rings is 2. The minimum absolute atomic E-state index is 0.0443. The van der Waals surface area contributed by atoms with E-state index in [0.29, 0.717) is 16.4 Å². The molecule has 8 nitrogen and oxygen atoms in total. The molecular weight excluding hydrogens is 326 g/mol. The van der Waals surface area contributed by atoms with Gasteiger partial charge in [-0.3, -0.25) is 9.59 Å². The Morgan fingerprint density at radius 3 is 1.88 bits per heavy atom. The van der Waals surface area contributed by atoms with Crippen molar-refractivity contribution in [1.29, 1.82) is 0 Å². The van der Waals surface area contributed by atoms with Crippen molar-refractivity contribution in [3.63, 3.8) is 0 Å². The molecule has 0 aliphatic carbocycles. The van der Waals surface area contributed by atoms with Crippen LogP contribution in [0.3, 0.4) is 0 Å². The quantitative estimate of drug-likeness (QED) is 0.680. The number of carbonyl (C=O) groups is 3. The first-order chi connectivity index (χ1) is 12.0. The summed E-state index contributed by atoms with van der Waals surface area (Å²) in [5.41, 5.74) is 1.24. The first kappa shape index (κ1) is 16.3. The molecule has 1 fully saturated rings. The van der Waals surface area contributed by atoms with Gasteiger partial charge >= 0.3 is 5.97 Å². The van der Waals surface area contributed by atoms with E-state index >= 15 is 0 Å². The summed E-state index contributed by atoms with van der Waals surface area (Å²) >= 11 is 0. The number of phenolic OH excluding ortho intramolecular Hbond substituents is 1. The fraction of sp³-hybridized carbons (Fsp3) is 0.118. The number of amides is 2. The number of azo groups is 1. The number of nitrogens with zero attached hydrogens (tertiary/aromatic N) is 3. The van der Waals surface area contributed by atoms with E-state index in [2.05, 4.69) is 10.2 Å². The minimum atomic E-state index is -0.800. The van der Waals surface area contributed by atoms with Gasteiger partial charge in [-0.15, -0.1) is 5.06 Å². The Morgan fingerprint density at radius 1 is 0.880 bits per heavy atom. The van der Waals surface area contributed by atoms with E-state index in [1.165, 1.54) is 24.3 Å². The molecule has 126 valence electrons. The lowest BCUT2D eigenvalue weighted by atomic mass is 10.2. The summed E-state index contributed by atoms with van der Waals surface area (Å²) in [6.45, 7) is 0. The molecule has 2 aromatic carbocycles. The third kappa shape index (κ3) is 3.86. The van der Waals surface area contributed by atoms with Gasteiger partial charge < -0.3 is 9.94 Å². The molecule has 1 aliphatic heterocycles. The second-order valence-electron chi connectivity index (χ2n) is 5.22. The molecule has 2 aromatic rings. The molecule has 3 rings (SSSR count). The highest BCUT2D eigenvalue weighted by molar-refractivity contribution is 6.02. The molecule has 1 saturated heterocycles. The van der Waals surface area contributed by atoms with Gasteiger partial charge in [0.05, 0.1) is 16.9 Å². The number of rotatable bonds is 4. The van der Waals surface area contributed by atoms with Gasteiger partial charge in [-0.05, 0) is 48.5 Å². The fourth-order valence-electron chi connectivity index (χ4n) is 2.09. The fourth-order valence-corrected chi connectivity index (χ4v) is 2.09. The van der Waals surface area contributed by atoms with E-state index in [-0.39, 0.29) is 24.2 Å². The number of hydrogen-bond acceptors (Lipinski definition) is 7. The second kappa shape index (κ2) is 6.91. The number of imide groups is 1. The molecule has 0 spiro atoms. The number of hydrogen-bond donors (Lipinski definition) is 1. The predicted octanol–water partition coefficient (Wildman–Crippen LogP) is 3.03. The zero-order valence-corrected chi connectivity index (χ0v) is 13.0. The van der Waals surface area contributed by atoms with Gasteiger partial charge in [-0.2, -0.15) is 10.2 Å². The molecular formula is C17H13N3O5. The van der Waals surface area contributed by atoms with Crippen molar-refractivity contribution >= 4 is 29.2 Å². The van der Waals surface area contributed by atoms with Crippen molar-refractivity contribution in [1.82, 2.24) is 5.06 Å². The summed E-state index contributed by atoms with van der Waals surface area (Å²) in [5.74, 6) is -1.72.